The summed E-state index contributed by atoms with van der Waals surface area (Å²) in [5, 5.41) is 12.1. The number of amides is 1. The number of halogens is 1. The van der Waals surface area contributed by atoms with Crippen LogP contribution in [0.25, 0.3) is 5.76 Å². The molecule has 0 radical (unpaired) electrons. The van der Waals surface area contributed by atoms with Gasteiger partial charge in [-0.2, -0.15) is 0 Å². The number of hydrogen-bond acceptors (Lipinski definition) is 5. The number of anilines is 1. The normalized spacial score (nSPS) is 18.2. The number of aliphatic hydroxyl groups is 1. The molecule has 2 aromatic carbocycles. The van der Waals surface area contributed by atoms with Crippen LogP contribution in [0.3, 0.4) is 0 Å². The molecule has 7 heteroatoms. The molecule has 5 nitrogen and oxygen atoms in total. The summed E-state index contributed by atoms with van der Waals surface area (Å²) in [5.41, 5.74) is 3.06. The third-order valence-electron chi connectivity index (χ3n) is 5.88. The Morgan fingerprint density at radius 2 is 1.64 bits per heavy atom. The van der Waals surface area contributed by atoms with E-state index in [9.17, 15) is 14.7 Å². The van der Waals surface area contributed by atoms with Gasteiger partial charge in [0.1, 0.15) is 5.76 Å². The van der Waals surface area contributed by atoms with Crippen LogP contribution in [-0.2, 0) is 15.0 Å². The molecule has 1 saturated heterocycles. The molecule has 170 valence electrons. The molecular weight excluding hydrogens is 456 g/mol. The Balaban J connectivity index is 1.92. The number of rotatable bonds is 3. The van der Waals surface area contributed by atoms with Crippen LogP contribution < -0.4 is 4.90 Å². The quantitative estimate of drug-likeness (QED) is 0.270. The number of aryl methyl sites for hydroxylation is 2. The van der Waals surface area contributed by atoms with Crippen molar-refractivity contribution in [1.29, 1.82) is 0 Å². The number of carbonyl (C=O) groups is 2. The Morgan fingerprint density at radius 3 is 2.15 bits per heavy atom. The largest absolute Gasteiger partial charge is 0.507 e. The first-order chi connectivity index (χ1) is 15.5. The number of ketones is 1. The molecule has 1 aliphatic heterocycles. The summed E-state index contributed by atoms with van der Waals surface area (Å²) in [5.74, 6) is -1.68. The van der Waals surface area contributed by atoms with Crippen molar-refractivity contribution in [3.05, 3.63) is 86.4 Å². The van der Waals surface area contributed by atoms with Gasteiger partial charge in [-0.1, -0.05) is 56.6 Å². The summed E-state index contributed by atoms with van der Waals surface area (Å²) in [6, 6.07) is 13.5. The minimum Gasteiger partial charge on any atom is -0.507 e. The molecule has 0 saturated carbocycles. The predicted molar refractivity (Wildman–Crippen MR) is 133 cm³/mol. The van der Waals surface area contributed by atoms with Crippen molar-refractivity contribution in [1.82, 2.24) is 4.98 Å². The molecule has 4 rings (SSSR count). The lowest BCUT2D eigenvalue weighted by Crippen LogP contribution is -2.29. The minimum absolute atomic E-state index is 0.0383. The maximum atomic E-state index is 13.2. The molecule has 2 heterocycles. The molecule has 0 aliphatic carbocycles. The van der Waals surface area contributed by atoms with E-state index in [1.165, 1.54) is 16.2 Å². The number of aliphatic hydroxyl groups excluding tert-OH is 1. The average Bonchev–Trinajstić information content (AvgIpc) is 3.23. The van der Waals surface area contributed by atoms with Crippen LogP contribution in [0.15, 0.2) is 54.1 Å². The van der Waals surface area contributed by atoms with E-state index >= 15 is 0 Å². The van der Waals surface area contributed by atoms with Gasteiger partial charge in [-0.15, -0.1) is 11.3 Å². The maximum Gasteiger partial charge on any atom is 0.301 e. The van der Waals surface area contributed by atoms with E-state index in [-0.39, 0.29) is 16.7 Å². The van der Waals surface area contributed by atoms with Crippen molar-refractivity contribution in [2.24, 2.45) is 0 Å². The average molecular weight is 481 g/mol. The molecule has 1 fully saturated rings. The SMILES string of the molecule is Cc1nc(N2C(=O)C(=O)C(=C(O)c3ccc(Cl)cc3)C2c2ccc(C(C)(C)C)cc2)sc1C. The smallest absolute Gasteiger partial charge is 0.301 e. The molecule has 1 aromatic heterocycles. The number of benzene rings is 2. The molecule has 1 unspecified atom stereocenters. The van der Waals surface area contributed by atoms with Crippen LogP contribution in [0.4, 0.5) is 5.13 Å². The highest BCUT2D eigenvalue weighted by Crippen LogP contribution is 2.44. The summed E-state index contributed by atoms with van der Waals surface area (Å²) in [7, 11) is 0. The van der Waals surface area contributed by atoms with E-state index in [1.54, 1.807) is 24.3 Å². The van der Waals surface area contributed by atoms with E-state index < -0.39 is 17.7 Å². The summed E-state index contributed by atoms with van der Waals surface area (Å²) in [6.07, 6.45) is 0. The molecule has 0 bridgehead atoms. The Labute approximate surface area is 202 Å². The summed E-state index contributed by atoms with van der Waals surface area (Å²) < 4.78 is 0. The summed E-state index contributed by atoms with van der Waals surface area (Å²) in [6.45, 7) is 10.2. The van der Waals surface area contributed by atoms with Gasteiger partial charge in [0.15, 0.2) is 5.13 Å². The Morgan fingerprint density at radius 1 is 1.03 bits per heavy atom. The number of carbonyl (C=O) groups excluding carboxylic acids is 2. The van der Waals surface area contributed by atoms with Crippen LogP contribution in [0.1, 0.15) is 54.1 Å². The van der Waals surface area contributed by atoms with Crippen molar-refractivity contribution < 1.29 is 14.7 Å². The first-order valence-corrected chi connectivity index (χ1v) is 11.8. The van der Waals surface area contributed by atoms with Crippen molar-refractivity contribution in [3.8, 4) is 0 Å². The zero-order valence-electron chi connectivity index (χ0n) is 19.1. The van der Waals surface area contributed by atoms with E-state index in [1.807, 2.05) is 38.1 Å². The highest BCUT2D eigenvalue weighted by Gasteiger charge is 2.48. The number of nitrogens with zero attached hydrogens (tertiary/aromatic N) is 2. The number of aromatic nitrogens is 1. The van der Waals surface area contributed by atoms with Gasteiger partial charge >= 0.3 is 5.91 Å². The van der Waals surface area contributed by atoms with E-state index in [0.29, 0.717) is 15.7 Å². The Kier molecular flexibility index (Phi) is 5.93. The van der Waals surface area contributed by atoms with Gasteiger partial charge in [-0.3, -0.25) is 14.5 Å². The Hall–Kier alpha value is -2.96. The first kappa shape index (κ1) is 23.2. The second kappa shape index (κ2) is 8.43. The van der Waals surface area contributed by atoms with Gasteiger partial charge in [0.2, 0.25) is 0 Å². The van der Waals surface area contributed by atoms with Crippen LogP contribution in [0, 0.1) is 13.8 Å². The number of thiazole rings is 1. The first-order valence-electron chi connectivity index (χ1n) is 10.6. The number of hydrogen-bond donors (Lipinski definition) is 1. The van der Waals surface area contributed by atoms with Crippen molar-refractivity contribution >= 4 is 45.5 Å². The lowest BCUT2D eigenvalue weighted by atomic mass is 9.85. The van der Waals surface area contributed by atoms with Gasteiger partial charge < -0.3 is 5.11 Å². The fraction of sp³-hybridized carbons (Fsp3) is 0.269. The molecule has 1 N–H and O–H groups in total. The third-order valence-corrected chi connectivity index (χ3v) is 7.20. The maximum absolute atomic E-state index is 13.2. The Bertz CT molecular complexity index is 1250. The summed E-state index contributed by atoms with van der Waals surface area (Å²) in [4.78, 5) is 33.3. The van der Waals surface area contributed by atoms with Gasteiger partial charge in [-0.05, 0) is 54.7 Å². The van der Waals surface area contributed by atoms with E-state index in [0.717, 1.165) is 21.7 Å². The third kappa shape index (κ3) is 4.21. The van der Waals surface area contributed by atoms with Gasteiger partial charge in [-0.25, -0.2) is 4.98 Å². The van der Waals surface area contributed by atoms with Crippen molar-refractivity contribution in [3.63, 3.8) is 0 Å². The monoisotopic (exact) mass is 480 g/mol. The lowest BCUT2D eigenvalue weighted by molar-refractivity contribution is -0.132. The zero-order chi connectivity index (χ0) is 24.1. The van der Waals surface area contributed by atoms with Crippen molar-refractivity contribution in [2.75, 3.05) is 4.90 Å². The van der Waals surface area contributed by atoms with Gasteiger partial charge in [0, 0.05) is 15.5 Å². The van der Waals surface area contributed by atoms with E-state index in [4.69, 9.17) is 11.6 Å². The number of Topliss-reactive ketones (excluding diaryl/α,β-unsaturated/α-hetero) is 1. The molecule has 1 aliphatic rings. The molecule has 1 amide bonds. The fourth-order valence-corrected chi connectivity index (χ4v) is 4.90. The molecular formula is C26H25ClN2O3S. The minimum atomic E-state index is -0.792. The highest BCUT2D eigenvalue weighted by atomic mass is 35.5. The van der Waals surface area contributed by atoms with Gasteiger partial charge in [0.05, 0.1) is 17.3 Å². The van der Waals surface area contributed by atoms with Crippen LogP contribution in [0.2, 0.25) is 5.02 Å². The lowest BCUT2D eigenvalue weighted by Gasteiger charge is -2.24. The molecule has 0 spiro atoms. The predicted octanol–water partition coefficient (Wildman–Crippen LogP) is 6.34. The molecule has 1 atom stereocenters. The second-order valence-corrected chi connectivity index (χ2v) is 10.8. The fourth-order valence-electron chi connectivity index (χ4n) is 3.83. The van der Waals surface area contributed by atoms with Crippen molar-refractivity contribution in [2.45, 2.75) is 46.1 Å². The zero-order valence-corrected chi connectivity index (χ0v) is 20.7. The summed E-state index contributed by atoms with van der Waals surface area (Å²) >= 11 is 7.35. The van der Waals surface area contributed by atoms with Crippen LogP contribution in [0.5, 0.6) is 0 Å². The topological polar surface area (TPSA) is 70.5 Å². The van der Waals surface area contributed by atoms with Gasteiger partial charge in [0.25, 0.3) is 5.78 Å². The standard InChI is InChI=1S/C26H25ClN2O3S/c1-14-15(2)33-25(28-14)29-21(16-6-10-18(11-7-16)26(3,4)5)20(23(31)24(29)32)22(30)17-8-12-19(27)13-9-17/h6-13,21,30H,1-5H3. The van der Waals surface area contributed by atoms with Crippen LogP contribution in [-0.4, -0.2) is 21.8 Å². The van der Waals surface area contributed by atoms with E-state index in [2.05, 4.69) is 25.8 Å². The highest BCUT2D eigenvalue weighted by molar-refractivity contribution is 7.16. The van der Waals surface area contributed by atoms with Crippen LogP contribution >= 0.6 is 22.9 Å². The molecule has 33 heavy (non-hydrogen) atoms. The molecule has 3 aromatic rings. The second-order valence-electron chi connectivity index (χ2n) is 9.19.